The lowest BCUT2D eigenvalue weighted by Gasteiger charge is -2.33. The number of hydrogen-bond acceptors (Lipinski definition) is 6. The Balaban J connectivity index is 1.27. The number of rotatable bonds is 3. The number of carbonyl (C=O) groups excluding carboxylic acids is 1. The molecule has 0 aromatic carbocycles. The van der Waals surface area contributed by atoms with Crippen molar-refractivity contribution >= 4 is 17.7 Å². The van der Waals surface area contributed by atoms with Crippen LogP contribution in [0.4, 0.5) is 4.39 Å². The van der Waals surface area contributed by atoms with Gasteiger partial charge in [0.2, 0.25) is 5.91 Å². The van der Waals surface area contributed by atoms with E-state index in [9.17, 15) is 9.18 Å². The first-order valence-corrected chi connectivity index (χ1v) is 11.0. The molecule has 26 heavy (non-hydrogen) atoms. The van der Waals surface area contributed by atoms with Crippen molar-refractivity contribution in [3.8, 4) is 0 Å². The predicted molar refractivity (Wildman–Crippen MR) is 102 cm³/mol. The van der Waals surface area contributed by atoms with Gasteiger partial charge in [-0.2, -0.15) is 0 Å². The van der Waals surface area contributed by atoms with Crippen LogP contribution in [-0.4, -0.2) is 60.1 Å². The van der Waals surface area contributed by atoms with Gasteiger partial charge in [-0.25, -0.2) is 15.2 Å². The molecule has 0 aromatic rings. The third-order valence-corrected chi connectivity index (χ3v) is 8.06. The minimum Gasteiger partial charge on any atom is -0.329 e. The summed E-state index contributed by atoms with van der Waals surface area (Å²) < 4.78 is 14.2. The van der Waals surface area contributed by atoms with Crippen molar-refractivity contribution in [3.05, 3.63) is 0 Å². The third-order valence-electron chi connectivity index (χ3n) is 6.76. The van der Waals surface area contributed by atoms with Gasteiger partial charge >= 0.3 is 0 Å². The molecule has 3 saturated heterocycles. The Morgan fingerprint density at radius 1 is 1.19 bits per heavy atom. The van der Waals surface area contributed by atoms with E-state index in [0.717, 1.165) is 19.5 Å². The van der Waals surface area contributed by atoms with E-state index in [1.807, 2.05) is 0 Å². The molecule has 0 spiro atoms. The van der Waals surface area contributed by atoms with Crippen molar-refractivity contribution in [1.82, 2.24) is 26.4 Å². The summed E-state index contributed by atoms with van der Waals surface area (Å²) >= 11 is 1.76. The zero-order valence-electron chi connectivity index (χ0n) is 15.7. The number of hydrazine groups is 1. The number of nitrogens with zero attached hydrogens (tertiary/aromatic N) is 1. The van der Waals surface area contributed by atoms with Crippen LogP contribution in [0.25, 0.3) is 0 Å². The topological polar surface area (TPSA) is 68.4 Å². The highest BCUT2D eigenvalue weighted by Crippen LogP contribution is 2.38. The molecule has 4 rings (SSSR count). The summed E-state index contributed by atoms with van der Waals surface area (Å²) in [6, 6.07) is -0.127. The van der Waals surface area contributed by atoms with Gasteiger partial charge in [0, 0.05) is 12.0 Å². The minimum atomic E-state index is -0.768. The number of nitrogens with one attached hydrogen (secondary N) is 4. The maximum Gasteiger partial charge on any atom is 0.239 e. The molecule has 1 saturated carbocycles. The van der Waals surface area contributed by atoms with Gasteiger partial charge in [-0.05, 0) is 64.1 Å². The number of piperidine rings is 1. The van der Waals surface area contributed by atoms with Crippen molar-refractivity contribution in [2.75, 3.05) is 20.1 Å². The summed E-state index contributed by atoms with van der Waals surface area (Å²) in [6.07, 6.45) is 3.77. The lowest BCUT2D eigenvalue weighted by atomic mass is 9.77. The Hall–Kier alpha value is -0.410. The van der Waals surface area contributed by atoms with Crippen LogP contribution in [0.2, 0.25) is 0 Å². The molecule has 3 aliphatic heterocycles. The summed E-state index contributed by atoms with van der Waals surface area (Å²) in [5.74, 6) is 1.06. The second-order valence-corrected chi connectivity index (χ2v) is 9.84. The summed E-state index contributed by atoms with van der Waals surface area (Å²) in [6.45, 7) is 4.44. The molecule has 7 unspecified atom stereocenters. The van der Waals surface area contributed by atoms with Gasteiger partial charge in [0.1, 0.15) is 11.7 Å². The van der Waals surface area contributed by atoms with Crippen LogP contribution >= 0.6 is 11.8 Å². The maximum atomic E-state index is 14.2. The number of hydrogen-bond donors (Lipinski definition) is 4. The van der Waals surface area contributed by atoms with E-state index < -0.39 is 6.17 Å². The standard InChI is InChI=1S/C18H32FN5OS/c1-10-3-4-13(19)12-9-14(20-15(10)12)16(25)21-18-23-22-17(26-18)11-5-7-24(2)8-6-11/h10-15,17-18,20,22-23H,3-9H2,1-2H3,(H,21,25). The molecule has 0 aromatic heterocycles. The van der Waals surface area contributed by atoms with Gasteiger partial charge in [-0.3, -0.25) is 4.79 Å². The molecule has 4 fully saturated rings. The molecule has 148 valence electrons. The number of carbonyl (C=O) groups is 1. The summed E-state index contributed by atoms with van der Waals surface area (Å²) in [4.78, 5) is 15.1. The maximum absolute atomic E-state index is 14.2. The Labute approximate surface area is 159 Å². The summed E-state index contributed by atoms with van der Waals surface area (Å²) in [5, 5.41) is 6.84. The lowest BCUT2D eigenvalue weighted by Crippen LogP contribution is -2.51. The molecule has 7 atom stereocenters. The fourth-order valence-corrected chi connectivity index (χ4v) is 6.28. The number of likely N-dealkylation sites (tertiary alicyclic amines) is 1. The summed E-state index contributed by atoms with van der Waals surface area (Å²) in [5.41, 5.74) is 6.45. The van der Waals surface area contributed by atoms with E-state index in [-0.39, 0.29) is 29.4 Å². The highest BCUT2D eigenvalue weighted by molar-refractivity contribution is 8.00. The van der Waals surface area contributed by atoms with Gasteiger partial charge in [0.05, 0.1) is 11.4 Å². The molecule has 1 aliphatic carbocycles. The quantitative estimate of drug-likeness (QED) is 0.582. The van der Waals surface area contributed by atoms with E-state index in [4.69, 9.17) is 0 Å². The van der Waals surface area contributed by atoms with Crippen molar-refractivity contribution in [2.45, 2.75) is 68.2 Å². The first-order chi connectivity index (χ1) is 12.5. The lowest BCUT2D eigenvalue weighted by molar-refractivity contribution is -0.123. The zero-order valence-corrected chi connectivity index (χ0v) is 16.5. The molecule has 0 bridgehead atoms. The molecule has 8 heteroatoms. The van der Waals surface area contributed by atoms with E-state index in [1.165, 1.54) is 12.8 Å². The highest BCUT2D eigenvalue weighted by atomic mass is 32.2. The molecule has 6 nitrogen and oxygen atoms in total. The second-order valence-electron chi connectivity index (χ2n) is 8.59. The molecule has 1 amide bonds. The van der Waals surface area contributed by atoms with E-state index >= 15 is 0 Å². The highest BCUT2D eigenvalue weighted by Gasteiger charge is 2.46. The van der Waals surface area contributed by atoms with Crippen molar-refractivity contribution in [2.24, 2.45) is 17.8 Å². The zero-order chi connectivity index (χ0) is 18.3. The Morgan fingerprint density at radius 2 is 1.96 bits per heavy atom. The van der Waals surface area contributed by atoms with Crippen molar-refractivity contribution in [3.63, 3.8) is 0 Å². The van der Waals surface area contributed by atoms with Gasteiger partial charge < -0.3 is 15.5 Å². The van der Waals surface area contributed by atoms with Crippen LogP contribution in [0.15, 0.2) is 0 Å². The normalized spacial score (nSPS) is 44.8. The molecule has 4 aliphatic rings. The number of halogens is 1. The fourth-order valence-electron chi connectivity index (χ4n) is 5.03. The van der Waals surface area contributed by atoms with Crippen LogP contribution in [0, 0.1) is 17.8 Å². The average molecular weight is 386 g/mol. The van der Waals surface area contributed by atoms with E-state index in [0.29, 0.717) is 30.1 Å². The first kappa shape index (κ1) is 18.9. The van der Waals surface area contributed by atoms with E-state index in [1.54, 1.807) is 11.8 Å². The molecule has 0 radical (unpaired) electrons. The van der Waals surface area contributed by atoms with Gasteiger partial charge in [-0.1, -0.05) is 18.7 Å². The Bertz CT molecular complexity index is 500. The fraction of sp³-hybridized carbons (Fsp3) is 0.944. The van der Waals surface area contributed by atoms with Crippen LogP contribution < -0.4 is 21.5 Å². The third kappa shape index (κ3) is 3.90. The van der Waals surface area contributed by atoms with Crippen molar-refractivity contribution in [1.29, 1.82) is 0 Å². The average Bonchev–Trinajstić information content (AvgIpc) is 3.27. The number of amides is 1. The van der Waals surface area contributed by atoms with Crippen LogP contribution in [0.3, 0.4) is 0 Å². The Kier molecular flexibility index (Phi) is 5.76. The van der Waals surface area contributed by atoms with Gasteiger partial charge in [0.15, 0.2) is 0 Å². The molecule has 3 heterocycles. The Morgan fingerprint density at radius 3 is 2.69 bits per heavy atom. The summed E-state index contributed by atoms with van der Waals surface area (Å²) in [7, 11) is 2.17. The largest absolute Gasteiger partial charge is 0.329 e. The van der Waals surface area contributed by atoms with Gasteiger partial charge in [0.25, 0.3) is 0 Å². The molecule has 4 N–H and O–H groups in total. The smallest absolute Gasteiger partial charge is 0.239 e. The first-order valence-electron chi connectivity index (χ1n) is 10.1. The second kappa shape index (κ2) is 7.91. The molecular weight excluding hydrogens is 353 g/mol. The number of alkyl halides is 1. The van der Waals surface area contributed by atoms with Crippen LogP contribution in [0.1, 0.15) is 39.0 Å². The molecular formula is C18H32FN5OS. The van der Waals surface area contributed by atoms with Crippen LogP contribution in [0.5, 0.6) is 0 Å². The predicted octanol–water partition coefficient (Wildman–Crippen LogP) is 1.01. The van der Waals surface area contributed by atoms with Crippen molar-refractivity contribution < 1.29 is 9.18 Å². The number of thioether (sulfide) groups is 1. The number of fused-ring (bicyclic) bond motifs is 1. The minimum absolute atomic E-state index is 0.00497. The monoisotopic (exact) mass is 385 g/mol. The SMILES string of the molecule is CC1CCC(F)C2CC(C(=O)NC3NNC(C4CCN(C)CC4)S3)NC12. The van der Waals surface area contributed by atoms with Crippen LogP contribution in [-0.2, 0) is 4.79 Å². The van der Waals surface area contributed by atoms with Gasteiger partial charge in [-0.15, -0.1) is 0 Å². The van der Waals surface area contributed by atoms with E-state index in [2.05, 4.69) is 40.4 Å².